The van der Waals surface area contributed by atoms with Gasteiger partial charge in [0.2, 0.25) is 6.79 Å². The lowest BCUT2D eigenvalue weighted by Crippen LogP contribution is -2.42. The van der Waals surface area contributed by atoms with Gasteiger partial charge < -0.3 is 19.5 Å². The molecular formula is C13H17BrN2O3. The molecule has 1 saturated heterocycles. The van der Waals surface area contributed by atoms with Gasteiger partial charge in [-0.2, -0.15) is 0 Å². The largest absolute Gasteiger partial charge is 0.495 e. The molecule has 0 amide bonds. The zero-order valence-electron chi connectivity index (χ0n) is 10.9. The number of hydrogen-bond acceptors (Lipinski definition) is 5. The van der Waals surface area contributed by atoms with Gasteiger partial charge in [-0.15, -0.1) is 0 Å². The van der Waals surface area contributed by atoms with Gasteiger partial charge in [-0.3, -0.25) is 4.90 Å². The summed E-state index contributed by atoms with van der Waals surface area (Å²) in [6, 6.07) is 2.02. The second-order valence-corrected chi connectivity index (χ2v) is 5.44. The van der Waals surface area contributed by atoms with E-state index in [9.17, 15) is 0 Å². The van der Waals surface area contributed by atoms with Crippen LogP contribution in [0.15, 0.2) is 10.5 Å². The van der Waals surface area contributed by atoms with Gasteiger partial charge in [0, 0.05) is 38.3 Å². The Morgan fingerprint density at radius 1 is 1.37 bits per heavy atom. The number of fused-ring (bicyclic) bond motifs is 1. The van der Waals surface area contributed by atoms with Gasteiger partial charge in [-0.05, 0) is 22.0 Å². The van der Waals surface area contributed by atoms with Crippen LogP contribution in [-0.4, -0.2) is 45.0 Å². The van der Waals surface area contributed by atoms with Gasteiger partial charge in [0.1, 0.15) is 10.2 Å². The Hall–Kier alpha value is -0.980. The second kappa shape index (κ2) is 5.56. The Labute approximate surface area is 120 Å². The lowest BCUT2D eigenvalue weighted by atomic mass is 10.1. The van der Waals surface area contributed by atoms with Crippen LogP contribution in [0.4, 0.5) is 0 Å². The van der Waals surface area contributed by atoms with E-state index in [-0.39, 0.29) is 6.79 Å². The van der Waals surface area contributed by atoms with Crippen LogP contribution < -0.4 is 19.5 Å². The monoisotopic (exact) mass is 328 g/mol. The molecule has 6 heteroatoms. The third kappa shape index (κ3) is 2.52. The number of benzene rings is 1. The van der Waals surface area contributed by atoms with Crippen LogP contribution in [0.2, 0.25) is 0 Å². The van der Waals surface area contributed by atoms with Crippen LogP contribution in [0.3, 0.4) is 0 Å². The van der Waals surface area contributed by atoms with Crippen molar-refractivity contribution in [3.8, 4) is 17.2 Å². The smallest absolute Gasteiger partial charge is 0.231 e. The average molecular weight is 329 g/mol. The zero-order valence-corrected chi connectivity index (χ0v) is 12.5. The summed E-state index contributed by atoms with van der Waals surface area (Å²) in [5.74, 6) is 2.36. The molecular weight excluding hydrogens is 312 g/mol. The van der Waals surface area contributed by atoms with Crippen molar-refractivity contribution in [1.82, 2.24) is 10.2 Å². The molecule has 0 spiro atoms. The van der Waals surface area contributed by atoms with Crippen LogP contribution in [0.5, 0.6) is 17.2 Å². The molecule has 1 aromatic carbocycles. The standard InChI is InChI=1S/C13H17BrN2O3/c1-17-12-9(7-16-4-2-15-3-5-16)6-10-13(11(12)14)19-8-18-10/h6,15H,2-5,7-8H2,1H3. The number of ether oxygens (including phenoxy) is 3. The molecule has 1 N–H and O–H groups in total. The predicted molar refractivity (Wildman–Crippen MR) is 75.0 cm³/mol. The first-order chi connectivity index (χ1) is 9.29. The summed E-state index contributed by atoms with van der Waals surface area (Å²) in [5, 5.41) is 3.36. The van der Waals surface area contributed by atoms with E-state index in [1.165, 1.54) is 0 Å². The van der Waals surface area contributed by atoms with Crippen molar-refractivity contribution in [2.45, 2.75) is 6.54 Å². The highest BCUT2D eigenvalue weighted by Crippen LogP contribution is 2.46. The van der Waals surface area contributed by atoms with Gasteiger partial charge in [0.05, 0.1) is 7.11 Å². The number of piperazine rings is 1. The fraction of sp³-hybridized carbons (Fsp3) is 0.538. The third-order valence-electron chi connectivity index (χ3n) is 3.44. The second-order valence-electron chi connectivity index (χ2n) is 4.64. The molecule has 0 bridgehead atoms. The van der Waals surface area contributed by atoms with Crippen molar-refractivity contribution in [2.75, 3.05) is 40.1 Å². The summed E-state index contributed by atoms with van der Waals surface area (Å²) in [5.41, 5.74) is 1.13. The summed E-state index contributed by atoms with van der Waals surface area (Å²) in [6.45, 7) is 5.31. The van der Waals surface area contributed by atoms with Crippen LogP contribution >= 0.6 is 15.9 Å². The maximum Gasteiger partial charge on any atom is 0.231 e. The average Bonchev–Trinajstić information content (AvgIpc) is 2.89. The Kier molecular flexibility index (Phi) is 3.81. The summed E-state index contributed by atoms with van der Waals surface area (Å²) in [7, 11) is 1.68. The number of nitrogens with one attached hydrogen (secondary N) is 1. The minimum Gasteiger partial charge on any atom is -0.495 e. The highest BCUT2D eigenvalue weighted by Gasteiger charge is 2.24. The Balaban J connectivity index is 1.89. The Morgan fingerprint density at radius 3 is 2.89 bits per heavy atom. The van der Waals surface area contributed by atoms with Crippen LogP contribution in [0.25, 0.3) is 0 Å². The summed E-state index contributed by atoms with van der Waals surface area (Å²) in [6.07, 6.45) is 0. The van der Waals surface area contributed by atoms with Crippen LogP contribution in [0, 0.1) is 0 Å². The van der Waals surface area contributed by atoms with Crippen molar-refractivity contribution in [1.29, 1.82) is 0 Å². The SMILES string of the molecule is COc1c(CN2CCNCC2)cc2c(c1Br)OCO2. The molecule has 104 valence electrons. The van der Waals surface area contributed by atoms with E-state index in [2.05, 4.69) is 26.1 Å². The molecule has 19 heavy (non-hydrogen) atoms. The van der Waals surface area contributed by atoms with Crippen molar-refractivity contribution >= 4 is 15.9 Å². The number of halogens is 1. The lowest BCUT2D eigenvalue weighted by molar-refractivity contribution is 0.173. The molecule has 0 radical (unpaired) electrons. The zero-order chi connectivity index (χ0) is 13.2. The van der Waals surface area contributed by atoms with E-state index in [1.54, 1.807) is 7.11 Å². The number of hydrogen-bond donors (Lipinski definition) is 1. The maximum atomic E-state index is 5.52. The van der Waals surface area contributed by atoms with Crippen LogP contribution in [0.1, 0.15) is 5.56 Å². The van der Waals surface area contributed by atoms with E-state index >= 15 is 0 Å². The van der Waals surface area contributed by atoms with Gasteiger partial charge in [-0.1, -0.05) is 0 Å². The molecule has 5 nitrogen and oxygen atoms in total. The molecule has 1 fully saturated rings. The summed E-state index contributed by atoms with van der Waals surface area (Å²) >= 11 is 3.55. The normalized spacial score (nSPS) is 18.6. The first-order valence-corrected chi connectivity index (χ1v) is 7.17. The molecule has 0 saturated carbocycles. The molecule has 3 rings (SSSR count). The minimum atomic E-state index is 0.272. The topological polar surface area (TPSA) is 43.0 Å². The molecule has 0 aromatic heterocycles. The highest BCUT2D eigenvalue weighted by atomic mass is 79.9. The van der Waals surface area contributed by atoms with E-state index in [4.69, 9.17) is 14.2 Å². The lowest BCUT2D eigenvalue weighted by Gasteiger charge is -2.28. The number of nitrogens with zero attached hydrogens (tertiary/aromatic N) is 1. The van der Waals surface area contributed by atoms with Gasteiger partial charge in [-0.25, -0.2) is 0 Å². The van der Waals surface area contributed by atoms with Crippen molar-refractivity contribution in [3.63, 3.8) is 0 Å². The maximum absolute atomic E-state index is 5.52. The highest BCUT2D eigenvalue weighted by molar-refractivity contribution is 9.10. The number of methoxy groups -OCH3 is 1. The Bertz CT molecular complexity index is 475. The molecule has 0 unspecified atom stereocenters. The molecule has 1 aromatic rings. The molecule has 2 aliphatic heterocycles. The molecule has 2 heterocycles. The first-order valence-electron chi connectivity index (χ1n) is 6.37. The summed E-state index contributed by atoms with van der Waals surface area (Å²) < 4.78 is 17.3. The van der Waals surface area contributed by atoms with Crippen LogP contribution in [-0.2, 0) is 6.54 Å². The van der Waals surface area contributed by atoms with Crippen molar-refractivity contribution in [3.05, 3.63) is 16.1 Å². The fourth-order valence-corrected chi connectivity index (χ4v) is 3.21. The summed E-state index contributed by atoms with van der Waals surface area (Å²) in [4.78, 5) is 2.41. The quantitative estimate of drug-likeness (QED) is 0.912. The van der Waals surface area contributed by atoms with Crippen molar-refractivity contribution < 1.29 is 14.2 Å². The molecule has 2 aliphatic rings. The van der Waals surface area contributed by atoms with E-state index in [0.717, 1.165) is 60.0 Å². The molecule has 0 atom stereocenters. The molecule has 0 aliphatic carbocycles. The fourth-order valence-electron chi connectivity index (χ4n) is 2.48. The predicted octanol–water partition coefficient (Wildman–Crippen LogP) is 1.59. The van der Waals surface area contributed by atoms with E-state index in [1.807, 2.05) is 6.07 Å². The van der Waals surface area contributed by atoms with Crippen molar-refractivity contribution in [2.24, 2.45) is 0 Å². The van der Waals surface area contributed by atoms with E-state index < -0.39 is 0 Å². The number of rotatable bonds is 3. The van der Waals surface area contributed by atoms with Gasteiger partial charge in [0.15, 0.2) is 11.5 Å². The van der Waals surface area contributed by atoms with Gasteiger partial charge in [0.25, 0.3) is 0 Å². The first kappa shape index (κ1) is 13.0. The van der Waals surface area contributed by atoms with Gasteiger partial charge >= 0.3 is 0 Å². The van der Waals surface area contributed by atoms with E-state index in [0.29, 0.717) is 0 Å². The third-order valence-corrected chi connectivity index (χ3v) is 4.17. The Morgan fingerprint density at radius 2 is 2.16 bits per heavy atom. The minimum absolute atomic E-state index is 0.272.